The number of alkyl halides is 2. The minimum Gasteiger partial charge on any atom is -0.297 e. The highest BCUT2D eigenvalue weighted by Gasteiger charge is 2.33. The van der Waals surface area contributed by atoms with Crippen LogP contribution in [0, 0.1) is 0 Å². The summed E-state index contributed by atoms with van der Waals surface area (Å²) in [5, 5.41) is 5.08. The second kappa shape index (κ2) is 6.84. The van der Waals surface area contributed by atoms with Crippen molar-refractivity contribution in [1.82, 2.24) is 24.6 Å². The van der Waals surface area contributed by atoms with Gasteiger partial charge in [-0.1, -0.05) is 30.3 Å². The number of halogens is 2. The normalized spacial score (nSPS) is 23.0. The van der Waals surface area contributed by atoms with E-state index in [0.29, 0.717) is 24.2 Å². The standard InChI is InChI=1S/C18H19F2N5/c19-15(13-4-2-1-3-5-13)10-24-7-6-17(16(20)11-24)25-18-14(9-23-25)8-21-12-22-18/h1-5,8-9,12,15-17H,6-7,10-11H2/t15?,16-,17-/m1/s1. The molecule has 4 rings (SSSR count). The van der Waals surface area contributed by atoms with E-state index in [2.05, 4.69) is 15.1 Å². The molecule has 3 atom stereocenters. The number of aromatic nitrogens is 4. The molecule has 0 amide bonds. The molecule has 1 saturated heterocycles. The molecule has 3 aromatic rings. The Morgan fingerprint density at radius 1 is 1.20 bits per heavy atom. The Bertz CT molecular complexity index is 838. The number of hydrogen-bond acceptors (Lipinski definition) is 4. The van der Waals surface area contributed by atoms with Crippen LogP contribution in [0.2, 0.25) is 0 Å². The second-order valence-corrected chi connectivity index (χ2v) is 6.40. The first-order valence-corrected chi connectivity index (χ1v) is 8.41. The average molecular weight is 343 g/mol. The lowest BCUT2D eigenvalue weighted by atomic mass is 10.0. The van der Waals surface area contributed by atoms with Crippen LogP contribution >= 0.6 is 0 Å². The van der Waals surface area contributed by atoms with Crippen LogP contribution in [0.4, 0.5) is 8.78 Å². The van der Waals surface area contributed by atoms with Gasteiger partial charge in [-0.15, -0.1) is 0 Å². The Kier molecular flexibility index (Phi) is 4.40. The predicted molar refractivity (Wildman–Crippen MR) is 90.6 cm³/mol. The summed E-state index contributed by atoms with van der Waals surface area (Å²) >= 11 is 0. The number of rotatable bonds is 4. The fraction of sp³-hybridized carbons (Fsp3) is 0.389. The highest BCUT2D eigenvalue weighted by atomic mass is 19.1. The summed E-state index contributed by atoms with van der Waals surface area (Å²) < 4.78 is 30.8. The van der Waals surface area contributed by atoms with Crippen molar-refractivity contribution in [1.29, 1.82) is 0 Å². The zero-order valence-electron chi connectivity index (χ0n) is 13.7. The lowest BCUT2D eigenvalue weighted by Crippen LogP contribution is -2.44. The lowest BCUT2D eigenvalue weighted by molar-refractivity contribution is 0.0684. The van der Waals surface area contributed by atoms with Crippen LogP contribution in [-0.4, -0.2) is 50.5 Å². The Labute approximate surface area is 144 Å². The highest BCUT2D eigenvalue weighted by Crippen LogP contribution is 2.29. The molecule has 1 fully saturated rings. The molecular formula is C18H19F2N5. The van der Waals surface area contributed by atoms with E-state index in [1.165, 1.54) is 6.33 Å². The third-order valence-electron chi connectivity index (χ3n) is 4.74. The smallest absolute Gasteiger partial charge is 0.161 e. The molecule has 3 heterocycles. The average Bonchev–Trinajstić information content (AvgIpc) is 3.06. The maximum atomic E-state index is 14.8. The van der Waals surface area contributed by atoms with Gasteiger partial charge in [0.15, 0.2) is 5.65 Å². The third kappa shape index (κ3) is 3.24. The molecule has 0 radical (unpaired) electrons. The number of nitrogens with zero attached hydrogens (tertiary/aromatic N) is 5. The quantitative estimate of drug-likeness (QED) is 0.730. The Morgan fingerprint density at radius 3 is 2.84 bits per heavy atom. The zero-order valence-corrected chi connectivity index (χ0v) is 13.7. The van der Waals surface area contributed by atoms with E-state index in [1.54, 1.807) is 29.2 Å². The van der Waals surface area contributed by atoms with Crippen LogP contribution in [0.25, 0.3) is 11.0 Å². The van der Waals surface area contributed by atoms with Crippen LogP contribution in [0.5, 0.6) is 0 Å². The zero-order chi connectivity index (χ0) is 17.2. The minimum atomic E-state index is -1.12. The lowest BCUT2D eigenvalue weighted by Gasteiger charge is -2.35. The van der Waals surface area contributed by atoms with Crippen LogP contribution in [-0.2, 0) is 0 Å². The van der Waals surface area contributed by atoms with Gasteiger partial charge in [0, 0.05) is 25.8 Å². The fourth-order valence-electron chi connectivity index (χ4n) is 3.43. The molecule has 130 valence electrons. The first-order chi connectivity index (χ1) is 12.2. The van der Waals surface area contributed by atoms with Gasteiger partial charge in [-0.05, 0) is 12.0 Å². The van der Waals surface area contributed by atoms with Gasteiger partial charge in [-0.25, -0.2) is 23.4 Å². The van der Waals surface area contributed by atoms with E-state index in [1.807, 2.05) is 23.1 Å². The molecule has 0 saturated carbocycles. The van der Waals surface area contributed by atoms with E-state index in [-0.39, 0.29) is 19.1 Å². The largest absolute Gasteiger partial charge is 0.297 e. The third-order valence-corrected chi connectivity index (χ3v) is 4.74. The number of likely N-dealkylation sites (tertiary alicyclic amines) is 1. The molecule has 25 heavy (non-hydrogen) atoms. The number of fused-ring (bicyclic) bond motifs is 1. The highest BCUT2D eigenvalue weighted by molar-refractivity contribution is 5.72. The molecule has 0 N–H and O–H groups in total. The number of piperidine rings is 1. The summed E-state index contributed by atoms with van der Waals surface area (Å²) in [6.45, 7) is 1.04. The van der Waals surface area contributed by atoms with Gasteiger partial charge in [0.1, 0.15) is 18.7 Å². The van der Waals surface area contributed by atoms with Crippen molar-refractivity contribution in [3.05, 3.63) is 54.6 Å². The van der Waals surface area contributed by atoms with Crippen LogP contribution in [0.15, 0.2) is 49.1 Å². The Balaban J connectivity index is 1.44. The molecule has 2 aromatic heterocycles. The van der Waals surface area contributed by atoms with Gasteiger partial charge < -0.3 is 0 Å². The molecule has 5 nitrogen and oxygen atoms in total. The van der Waals surface area contributed by atoms with Crippen molar-refractivity contribution in [3.8, 4) is 0 Å². The van der Waals surface area contributed by atoms with E-state index >= 15 is 0 Å². The van der Waals surface area contributed by atoms with Crippen molar-refractivity contribution in [2.45, 2.75) is 24.8 Å². The first kappa shape index (κ1) is 16.1. The predicted octanol–water partition coefficient (Wildman–Crippen LogP) is 3.12. The van der Waals surface area contributed by atoms with Crippen LogP contribution < -0.4 is 0 Å². The van der Waals surface area contributed by atoms with E-state index in [0.717, 1.165) is 5.39 Å². The number of benzene rings is 1. The molecule has 1 unspecified atom stereocenters. The van der Waals surface area contributed by atoms with Crippen molar-refractivity contribution in [3.63, 3.8) is 0 Å². The summed E-state index contributed by atoms with van der Waals surface area (Å²) in [6.07, 6.45) is 3.11. The molecule has 0 aliphatic carbocycles. The molecule has 7 heteroatoms. The molecule has 1 aliphatic rings. The van der Waals surface area contributed by atoms with Gasteiger partial charge >= 0.3 is 0 Å². The van der Waals surface area contributed by atoms with Gasteiger partial charge in [0.05, 0.1) is 17.6 Å². The maximum absolute atomic E-state index is 14.8. The first-order valence-electron chi connectivity index (χ1n) is 8.41. The molecule has 0 spiro atoms. The summed E-state index contributed by atoms with van der Waals surface area (Å²) in [7, 11) is 0. The maximum Gasteiger partial charge on any atom is 0.161 e. The second-order valence-electron chi connectivity index (χ2n) is 6.40. The summed E-state index contributed by atoms with van der Waals surface area (Å²) in [4.78, 5) is 10.0. The van der Waals surface area contributed by atoms with Gasteiger partial charge in [-0.2, -0.15) is 5.10 Å². The number of hydrogen-bond donors (Lipinski definition) is 0. The van der Waals surface area contributed by atoms with Crippen molar-refractivity contribution < 1.29 is 8.78 Å². The van der Waals surface area contributed by atoms with Gasteiger partial charge in [0.2, 0.25) is 0 Å². The van der Waals surface area contributed by atoms with Crippen molar-refractivity contribution >= 4 is 11.0 Å². The summed E-state index contributed by atoms with van der Waals surface area (Å²) in [5.41, 5.74) is 1.28. The Morgan fingerprint density at radius 2 is 2.04 bits per heavy atom. The van der Waals surface area contributed by atoms with Crippen molar-refractivity contribution in [2.24, 2.45) is 0 Å². The van der Waals surface area contributed by atoms with E-state index < -0.39 is 12.3 Å². The van der Waals surface area contributed by atoms with E-state index in [4.69, 9.17) is 0 Å². The van der Waals surface area contributed by atoms with E-state index in [9.17, 15) is 8.78 Å². The monoisotopic (exact) mass is 343 g/mol. The summed E-state index contributed by atoms with van der Waals surface area (Å²) in [6, 6.07) is 8.64. The Hall–Kier alpha value is -2.41. The molecule has 1 aliphatic heterocycles. The topological polar surface area (TPSA) is 46.8 Å². The van der Waals surface area contributed by atoms with Gasteiger partial charge in [-0.3, -0.25) is 4.90 Å². The molecule has 1 aromatic carbocycles. The van der Waals surface area contributed by atoms with Crippen molar-refractivity contribution in [2.75, 3.05) is 19.6 Å². The summed E-state index contributed by atoms with van der Waals surface area (Å²) in [5.74, 6) is 0. The fourth-order valence-corrected chi connectivity index (χ4v) is 3.43. The van der Waals surface area contributed by atoms with Crippen LogP contribution in [0.3, 0.4) is 0 Å². The molecular weight excluding hydrogens is 324 g/mol. The van der Waals surface area contributed by atoms with Crippen LogP contribution in [0.1, 0.15) is 24.2 Å². The minimum absolute atomic E-state index is 0.199. The SMILES string of the molecule is FC(CN1CC[C@@H](n2ncc3cncnc32)[C@H](F)C1)c1ccccc1. The molecule has 0 bridgehead atoms. The van der Waals surface area contributed by atoms with Gasteiger partial charge in [0.25, 0.3) is 0 Å².